The van der Waals surface area contributed by atoms with Gasteiger partial charge in [0.25, 0.3) is 0 Å². The van der Waals surface area contributed by atoms with E-state index in [9.17, 15) is 4.79 Å². The van der Waals surface area contributed by atoms with E-state index in [0.717, 1.165) is 22.6 Å². The van der Waals surface area contributed by atoms with Crippen LogP contribution in [0.5, 0.6) is 11.5 Å². The SMILES string of the molecule is COC(=O)[C@@H]1Cc2c([nH]c3ccccc23)[C@H](c2ccc3c(c2)OCO3)C1. The Morgan fingerprint density at radius 2 is 2.00 bits per heavy atom. The van der Waals surface area contributed by atoms with Crippen molar-refractivity contribution in [1.29, 1.82) is 0 Å². The van der Waals surface area contributed by atoms with Crippen LogP contribution in [-0.2, 0) is 16.0 Å². The number of H-pyrrole nitrogens is 1. The van der Waals surface area contributed by atoms with Crippen molar-refractivity contribution in [2.75, 3.05) is 13.9 Å². The zero-order chi connectivity index (χ0) is 17.7. The molecule has 2 heterocycles. The summed E-state index contributed by atoms with van der Waals surface area (Å²) in [5.74, 6) is 1.32. The molecule has 5 nitrogen and oxygen atoms in total. The van der Waals surface area contributed by atoms with E-state index < -0.39 is 0 Å². The van der Waals surface area contributed by atoms with Gasteiger partial charge < -0.3 is 19.2 Å². The third-order valence-electron chi connectivity index (χ3n) is 5.50. The summed E-state index contributed by atoms with van der Waals surface area (Å²) in [6.45, 7) is 0.256. The molecule has 1 aliphatic heterocycles. The normalized spacial score (nSPS) is 20.8. The number of benzene rings is 2. The molecular formula is C21H19NO4. The fraction of sp³-hybridized carbons (Fsp3) is 0.286. The summed E-state index contributed by atoms with van der Waals surface area (Å²) in [7, 11) is 1.46. The number of nitrogens with one attached hydrogen (secondary N) is 1. The highest BCUT2D eigenvalue weighted by Gasteiger charge is 2.35. The maximum Gasteiger partial charge on any atom is 0.309 e. The van der Waals surface area contributed by atoms with E-state index >= 15 is 0 Å². The van der Waals surface area contributed by atoms with Crippen LogP contribution in [0.25, 0.3) is 10.9 Å². The minimum absolute atomic E-state index is 0.0877. The Labute approximate surface area is 150 Å². The van der Waals surface area contributed by atoms with E-state index in [-0.39, 0.29) is 24.6 Å². The first-order valence-corrected chi connectivity index (χ1v) is 8.81. The van der Waals surface area contributed by atoms with Gasteiger partial charge in [-0.3, -0.25) is 4.79 Å². The Morgan fingerprint density at radius 3 is 2.88 bits per heavy atom. The molecule has 1 aliphatic carbocycles. The van der Waals surface area contributed by atoms with E-state index in [0.29, 0.717) is 12.8 Å². The Balaban J connectivity index is 1.65. The van der Waals surface area contributed by atoms with Crippen LogP contribution in [0.1, 0.15) is 29.2 Å². The molecule has 3 aromatic rings. The van der Waals surface area contributed by atoms with Crippen molar-refractivity contribution < 1.29 is 19.0 Å². The molecule has 0 fully saturated rings. The number of carbonyl (C=O) groups excluding carboxylic acids is 1. The highest BCUT2D eigenvalue weighted by atomic mass is 16.7. The lowest BCUT2D eigenvalue weighted by Crippen LogP contribution is -2.26. The molecule has 132 valence electrons. The van der Waals surface area contributed by atoms with Crippen LogP contribution in [0.15, 0.2) is 42.5 Å². The van der Waals surface area contributed by atoms with Gasteiger partial charge in [0, 0.05) is 22.5 Å². The summed E-state index contributed by atoms with van der Waals surface area (Å²) >= 11 is 0. The van der Waals surface area contributed by atoms with Crippen LogP contribution < -0.4 is 9.47 Å². The number of carbonyl (C=O) groups is 1. The van der Waals surface area contributed by atoms with E-state index in [1.807, 2.05) is 24.3 Å². The monoisotopic (exact) mass is 349 g/mol. The highest BCUT2D eigenvalue weighted by molar-refractivity contribution is 5.86. The number of hydrogen-bond donors (Lipinski definition) is 1. The van der Waals surface area contributed by atoms with Gasteiger partial charge in [0.05, 0.1) is 13.0 Å². The van der Waals surface area contributed by atoms with Crippen LogP contribution in [0.3, 0.4) is 0 Å². The van der Waals surface area contributed by atoms with Gasteiger partial charge in [-0.05, 0) is 42.2 Å². The number of aromatic nitrogens is 1. The highest BCUT2D eigenvalue weighted by Crippen LogP contribution is 2.44. The molecule has 0 radical (unpaired) electrons. The smallest absolute Gasteiger partial charge is 0.309 e. The van der Waals surface area contributed by atoms with Crippen molar-refractivity contribution in [2.24, 2.45) is 5.92 Å². The molecule has 1 aromatic heterocycles. The number of fused-ring (bicyclic) bond motifs is 4. The van der Waals surface area contributed by atoms with Crippen molar-refractivity contribution in [2.45, 2.75) is 18.8 Å². The molecule has 0 saturated heterocycles. The van der Waals surface area contributed by atoms with Crippen molar-refractivity contribution in [1.82, 2.24) is 4.98 Å². The molecule has 26 heavy (non-hydrogen) atoms. The minimum Gasteiger partial charge on any atom is -0.469 e. The summed E-state index contributed by atoms with van der Waals surface area (Å²) in [4.78, 5) is 15.9. The lowest BCUT2D eigenvalue weighted by Gasteiger charge is -2.28. The van der Waals surface area contributed by atoms with Gasteiger partial charge in [0.1, 0.15) is 0 Å². The summed E-state index contributed by atoms with van der Waals surface area (Å²) in [6.07, 6.45) is 1.42. The molecule has 0 amide bonds. The first kappa shape index (κ1) is 15.3. The minimum atomic E-state index is -0.151. The predicted octanol–water partition coefficient (Wildman–Crippen LogP) is 3.76. The van der Waals surface area contributed by atoms with Crippen LogP contribution in [0.2, 0.25) is 0 Å². The largest absolute Gasteiger partial charge is 0.469 e. The second-order valence-electron chi connectivity index (χ2n) is 6.89. The number of ether oxygens (including phenoxy) is 3. The molecule has 0 unspecified atom stereocenters. The van der Waals surface area contributed by atoms with E-state index in [1.165, 1.54) is 23.8 Å². The van der Waals surface area contributed by atoms with Gasteiger partial charge in [-0.1, -0.05) is 24.3 Å². The molecule has 0 bridgehead atoms. The summed E-state index contributed by atoms with van der Waals surface area (Å²) < 4.78 is 16.0. The second-order valence-corrected chi connectivity index (χ2v) is 6.89. The standard InChI is InChI=1S/C21H19NO4/c1-24-21(23)13-8-15(12-6-7-18-19(10-12)26-11-25-18)20-16(9-13)14-4-2-3-5-17(14)22-20/h2-7,10,13,15,22H,8-9,11H2,1H3/t13-,15-/m0/s1. The Bertz CT molecular complexity index is 1010. The number of para-hydroxylation sites is 1. The van der Waals surface area contributed by atoms with Gasteiger partial charge in [-0.25, -0.2) is 0 Å². The zero-order valence-electron chi connectivity index (χ0n) is 14.5. The van der Waals surface area contributed by atoms with Crippen LogP contribution in [0.4, 0.5) is 0 Å². The summed E-state index contributed by atoms with van der Waals surface area (Å²) in [5, 5.41) is 1.18. The lowest BCUT2D eigenvalue weighted by atomic mass is 9.76. The van der Waals surface area contributed by atoms with Gasteiger partial charge in [-0.15, -0.1) is 0 Å². The van der Waals surface area contributed by atoms with Gasteiger partial charge in [-0.2, -0.15) is 0 Å². The van der Waals surface area contributed by atoms with Crippen molar-refractivity contribution in [3.8, 4) is 11.5 Å². The average molecular weight is 349 g/mol. The van der Waals surface area contributed by atoms with E-state index in [1.54, 1.807) is 0 Å². The van der Waals surface area contributed by atoms with Gasteiger partial charge in [0.15, 0.2) is 11.5 Å². The van der Waals surface area contributed by atoms with E-state index in [4.69, 9.17) is 14.2 Å². The van der Waals surface area contributed by atoms with E-state index in [2.05, 4.69) is 23.2 Å². The maximum atomic E-state index is 12.3. The molecule has 5 heteroatoms. The number of rotatable bonds is 2. The Hall–Kier alpha value is -2.95. The molecular weight excluding hydrogens is 330 g/mol. The fourth-order valence-corrected chi connectivity index (χ4v) is 4.25. The number of methoxy groups -OCH3 is 1. The average Bonchev–Trinajstić information content (AvgIpc) is 3.30. The molecule has 5 rings (SSSR count). The fourth-order valence-electron chi connectivity index (χ4n) is 4.25. The van der Waals surface area contributed by atoms with Gasteiger partial charge >= 0.3 is 5.97 Å². The molecule has 0 saturated carbocycles. The van der Waals surface area contributed by atoms with Crippen molar-refractivity contribution >= 4 is 16.9 Å². The van der Waals surface area contributed by atoms with Crippen LogP contribution in [0, 0.1) is 5.92 Å². The molecule has 0 spiro atoms. The van der Waals surface area contributed by atoms with Crippen molar-refractivity contribution in [3.05, 3.63) is 59.3 Å². The van der Waals surface area contributed by atoms with Gasteiger partial charge in [0.2, 0.25) is 6.79 Å². The molecule has 2 aromatic carbocycles. The molecule has 2 atom stereocenters. The second kappa shape index (κ2) is 5.80. The first-order valence-electron chi connectivity index (χ1n) is 8.81. The zero-order valence-corrected chi connectivity index (χ0v) is 14.5. The van der Waals surface area contributed by atoms with Crippen LogP contribution in [-0.4, -0.2) is 24.9 Å². The molecule has 2 aliphatic rings. The maximum absolute atomic E-state index is 12.3. The summed E-state index contributed by atoms with van der Waals surface area (Å²) in [6, 6.07) is 14.3. The third kappa shape index (κ3) is 2.27. The number of esters is 1. The quantitative estimate of drug-likeness (QED) is 0.716. The molecule has 1 N–H and O–H groups in total. The topological polar surface area (TPSA) is 60.6 Å². The lowest BCUT2D eigenvalue weighted by molar-refractivity contribution is -0.145. The first-order chi connectivity index (χ1) is 12.7. The summed E-state index contributed by atoms with van der Waals surface area (Å²) in [5.41, 5.74) is 4.62. The number of hydrogen-bond acceptors (Lipinski definition) is 4. The third-order valence-corrected chi connectivity index (χ3v) is 5.50. The Kier molecular flexibility index (Phi) is 3.42. The number of aromatic amines is 1. The Morgan fingerprint density at radius 1 is 1.15 bits per heavy atom. The van der Waals surface area contributed by atoms with Crippen molar-refractivity contribution in [3.63, 3.8) is 0 Å². The predicted molar refractivity (Wildman–Crippen MR) is 96.5 cm³/mol. The van der Waals surface area contributed by atoms with Crippen LogP contribution >= 0.6 is 0 Å².